The predicted octanol–water partition coefficient (Wildman–Crippen LogP) is 4.77. The van der Waals surface area contributed by atoms with Gasteiger partial charge in [0.1, 0.15) is 5.82 Å². The second kappa shape index (κ2) is 7.35. The first-order chi connectivity index (χ1) is 12.4. The molecular weight excluding hydrogens is 324 g/mol. The zero-order valence-corrected chi connectivity index (χ0v) is 15.2. The van der Waals surface area contributed by atoms with Crippen LogP contribution in [0.4, 0.5) is 17.2 Å². The second-order valence-corrected chi connectivity index (χ2v) is 7.05. The van der Waals surface area contributed by atoms with Crippen molar-refractivity contribution < 1.29 is 4.79 Å². The van der Waals surface area contributed by atoms with E-state index in [0.717, 1.165) is 11.5 Å². The van der Waals surface area contributed by atoms with Crippen molar-refractivity contribution >= 4 is 23.1 Å². The number of hydrogen-bond donors (Lipinski definition) is 2. The van der Waals surface area contributed by atoms with E-state index in [2.05, 4.69) is 47.4 Å². The van der Waals surface area contributed by atoms with Gasteiger partial charge in [-0.2, -0.15) is 0 Å². The highest BCUT2D eigenvalue weighted by atomic mass is 16.1. The summed E-state index contributed by atoms with van der Waals surface area (Å²) in [6, 6.07) is 15.3. The Morgan fingerprint density at radius 3 is 2.42 bits per heavy atom. The maximum atomic E-state index is 12.2. The van der Waals surface area contributed by atoms with Crippen molar-refractivity contribution in [3.63, 3.8) is 0 Å². The number of pyridine rings is 2. The number of hydrogen-bond acceptors (Lipinski definition) is 4. The molecule has 0 aliphatic carbocycles. The van der Waals surface area contributed by atoms with E-state index < -0.39 is 0 Å². The molecule has 0 atom stereocenters. The topological polar surface area (TPSA) is 66.9 Å². The highest BCUT2D eigenvalue weighted by molar-refractivity contribution is 6.03. The van der Waals surface area contributed by atoms with Crippen LogP contribution in [0.1, 0.15) is 36.7 Å². The molecule has 5 nitrogen and oxygen atoms in total. The summed E-state index contributed by atoms with van der Waals surface area (Å²) in [5.41, 5.74) is 3.42. The number of carbonyl (C=O) groups is 1. The van der Waals surface area contributed by atoms with Gasteiger partial charge in [0.15, 0.2) is 0 Å². The monoisotopic (exact) mass is 346 g/mol. The van der Waals surface area contributed by atoms with Crippen LogP contribution in [0.5, 0.6) is 0 Å². The Morgan fingerprint density at radius 1 is 0.962 bits per heavy atom. The number of anilines is 3. The summed E-state index contributed by atoms with van der Waals surface area (Å²) >= 11 is 0. The first kappa shape index (κ1) is 17.6. The smallest absolute Gasteiger partial charge is 0.257 e. The summed E-state index contributed by atoms with van der Waals surface area (Å²) < 4.78 is 0. The Morgan fingerprint density at radius 2 is 1.77 bits per heavy atom. The summed E-state index contributed by atoms with van der Waals surface area (Å²) in [4.78, 5) is 20.5. The predicted molar refractivity (Wildman–Crippen MR) is 105 cm³/mol. The molecule has 5 heteroatoms. The van der Waals surface area contributed by atoms with E-state index >= 15 is 0 Å². The fraction of sp³-hybridized carbons (Fsp3) is 0.190. The first-order valence-corrected chi connectivity index (χ1v) is 8.47. The third-order valence-corrected chi connectivity index (χ3v) is 3.94. The van der Waals surface area contributed by atoms with Crippen molar-refractivity contribution in [1.29, 1.82) is 0 Å². The molecule has 0 fully saturated rings. The van der Waals surface area contributed by atoms with Crippen LogP contribution >= 0.6 is 0 Å². The van der Waals surface area contributed by atoms with E-state index in [9.17, 15) is 4.79 Å². The van der Waals surface area contributed by atoms with Gasteiger partial charge in [0.05, 0.1) is 17.4 Å². The van der Waals surface area contributed by atoms with Crippen LogP contribution in [0.2, 0.25) is 0 Å². The molecule has 26 heavy (non-hydrogen) atoms. The molecule has 1 aromatic carbocycles. The van der Waals surface area contributed by atoms with E-state index in [1.165, 1.54) is 11.8 Å². The van der Waals surface area contributed by atoms with Gasteiger partial charge in [-0.3, -0.25) is 9.78 Å². The van der Waals surface area contributed by atoms with Gasteiger partial charge in [0.25, 0.3) is 5.91 Å². The van der Waals surface area contributed by atoms with Gasteiger partial charge in [-0.15, -0.1) is 0 Å². The molecule has 2 aromatic heterocycles. The fourth-order valence-electron chi connectivity index (χ4n) is 2.63. The summed E-state index contributed by atoms with van der Waals surface area (Å²) in [5, 5.41) is 6.17. The number of nitrogens with zero attached hydrogens (tertiary/aromatic N) is 2. The molecule has 0 aliphatic heterocycles. The molecule has 0 spiro atoms. The second-order valence-electron chi connectivity index (χ2n) is 7.05. The van der Waals surface area contributed by atoms with Gasteiger partial charge in [-0.25, -0.2) is 4.98 Å². The van der Waals surface area contributed by atoms with Crippen LogP contribution in [0, 0.1) is 0 Å². The Labute approximate surface area is 153 Å². The average Bonchev–Trinajstić information content (AvgIpc) is 2.63. The molecule has 0 unspecified atom stereocenters. The summed E-state index contributed by atoms with van der Waals surface area (Å²) in [7, 11) is 0. The lowest BCUT2D eigenvalue weighted by Crippen LogP contribution is -2.14. The number of amides is 1. The van der Waals surface area contributed by atoms with Gasteiger partial charge >= 0.3 is 0 Å². The Balaban J connectivity index is 1.72. The van der Waals surface area contributed by atoms with Gasteiger partial charge in [-0.1, -0.05) is 39.0 Å². The minimum atomic E-state index is -0.210. The standard InChI is InChI=1S/C21H22N4O/c1-21(2,3)17-8-4-5-9-18(17)25-19-11-10-16(14-23-19)24-20(26)15-7-6-12-22-13-15/h4-14H,1-3H3,(H,23,25)(H,24,26). The molecule has 3 rings (SSSR count). The molecule has 0 radical (unpaired) electrons. The number of nitrogens with one attached hydrogen (secondary N) is 2. The van der Waals surface area contributed by atoms with Crippen LogP contribution in [-0.2, 0) is 5.41 Å². The Kier molecular flexibility index (Phi) is 4.98. The van der Waals surface area contributed by atoms with E-state index in [-0.39, 0.29) is 11.3 Å². The summed E-state index contributed by atoms with van der Waals surface area (Å²) in [5.74, 6) is 0.514. The molecule has 132 valence electrons. The van der Waals surface area contributed by atoms with Crippen LogP contribution in [-0.4, -0.2) is 15.9 Å². The van der Waals surface area contributed by atoms with Crippen molar-refractivity contribution in [1.82, 2.24) is 9.97 Å². The van der Waals surface area contributed by atoms with Crippen molar-refractivity contribution in [2.45, 2.75) is 26.2 Å². The van der Waals surface area contributed by atoms with Crippen molar-refractivity contribution in [2.24, 2.45) is 0 Å². The van der Waals surface area contributed by atoms with E-state index in [0.29, 0.717) is 11.3 Å². The molecule has 2 N–H and O–H groups in total. The van der Waals surface area contributed by atoms with E-state index in [4.69, 9.17) is 0 Å². The molecular formula is C21H22N4O. The third kappa shape index (κ3) is 4.25. The number of carbonyl (C=O) groups excluding carboxylic acids is 1. The molecule has 1 amide bonds. The number of benzene rings is 1. The van der Waals surface area contributed by atoms with Crippen molar-refractivity contribution in [2.75, 3.05) is 10.6 Å². The molecule has 0 bridgehead atoms. The SMILES string of the molecule is CC(C)(C)c1ccccc1Nc1ccc(NC(=O)c2cccnc2)cn1. The van der Waals surface area contributed by atoms with Gasteiger partial charge in [0.2, 0.25) is 0 Å². The number of para-hydroxylation sites is 1. The first-order valence-electron chi connectivity index (χ1n) is 8.47. The van der Waals surface area contributed by atoms with Crippen LogP contribution < -0.4 is 10.6 Å². The average molecular weight is 346 g/mol. The maximum absolute atomic E-state index is 12.2. The highest BCUT2D eigenvalue weighted by Gasteiger charge is 2.17. The number of aromatic nitrogens is 2. The third-order valence-electron chi connectivity index (χ3n) is 3.94. The normalized spacial score (nSPS) is 11.0. The quantitative estimate of drug-likeness (QED) is 0.714. The lowest BCUT2D eigenvalue weighted by Gasteiger charge is -2.23. The van der Waals surface area contributed by atoms with Gasteiger partial charge in [0, 0.05) is 18.1 Å². The highest BCUT2D eigenvalue weighted by Crippen LogP contribution is 2.30. The number of rotatable bonds is 4. The van der Waals surface area contributed by atoms with Crippen LogP contribution in [0.3, 0.4) is 0 Å². The van der Waals surface area contributed by atoms with Crippen molar-refractivity contribution in [3.05, 3.63) is 78.2 Å². The minimum absolute atomic E-state index is 0.0290. The molecule has 0 saturated carbocycles. The zero-order valence-electron chi connectivity index (χ0n) is 15.2. The largest absolute Gasteiger partial charge is 0.340 e. The zero-order chi connectivity index (χ0) is 18.6. The summed E-state index contributed by atoms with van der Waals surface area (Å²) in [6.07, 6.45) is 4.80. The fourth-order valence-corrected chi connectivity index (χ4v) is 2.63. The van der Waals surface area contributed by atoms with Gasteiger partial charge in [-0.05, 0) is 41.3 Å². The van der Waals surface area contributed by atoms with Gasteiger partial charge < -0.3 is 10.6 Å². The molecule has 0 aliphatic rings. The Bertz CT molecular complexity index is 884. The molecule has 0 saturated heterocycles. The van der Waals surface area contributed by atoms with Crippen molar-refractivity contribution in [3.8, 4) is 0 Å². The van der Waals surface area contributed by atoms with Crippen LogP contribution in [0.25, 0.3) is 0 Å². The Hall–Kier alpha value is -3.21. The summed E-state index contributed by atoms with van der Waals surface area (Å²) in [6.45, 7) is 6.54. The lowest BCUT2D eigenvalue weighted by atomic mass is 9.86. The van der Waals surface area contributed by atoms with E-state index in [1.54, 1.807) is 24.5 Å². The lowest BCUT2D eigenvalue weighted by molar-refractivity contribution is 0.102. The molecule has 2 heterocycles. The minimum Gasteiger partial charge on any atom is -0.340 e. The van der Waals surface area contributed by atoms with E-state index in [1.807, 2.05) is 30.3 Å². The molecule has 3 aromatic rings. The maximum Gasteiger partial charge on any atom is 0.257 e. The van der Waals surface area contributed by atoms with Crippen LogP contribution in [0.15, 0.2) is 67.1 Å².